The number of hydrogen-bond donors (Lipinski definition) is 2. The highest BCUT2D eigenvalue weighted by Crippen LogP contribution is 2.23. The summed E-state index contributed by atoms with van der Waals surface area (Å²) in [5.41, 5.74) is 6.53. The number of pyridine rings is 1. The average molecular weight is 274 g/mol. The summed E-state index contributed by atoms with van der Waals surface area (Å²) in [5, 5.41) is 8.99. The predicted octanol–water partition coefficient (Wildman–Crippen LogP) is 2.30. The van der Waals surface area contributed by atoms with E-state index in [1.165, 1.54) is 12.3 Å². The highest BCUT2D eigenvalue weighted by molar-refractivity contribution is 5.93. The first kappa shape index (κ1) is 13.8. The first-order chi connectivity index (χ1) is 9.60. The van der Waals surface area contributed by atoms with Crippen LogP contribution in [0, 0.1) is 0 Å². The number of methoxy groups -OCH3 is 1. The molecular weight excluding hydrogens is 260 g/mol. The molecule has 0 spiro atoms. The number of carbonyl (C=O) groups is 1. The molecule has 2 aromatic rings. The van der Waals surface area contributed by atoms with E-state index < -0.39 is 5.97 Å². The van der Waals surface area contributed by atoms with E-state index >= 15 is 0 Å². The van der Waals surface area contributed by atoms with Crippen LogP contribution in [0.1, 0.15) is 15.9 Å². The standard InChI is InChI=1S/C14H14N2O4/c1-19-8-9-3-2-4-10(5-9)20-13-6-11(14(17)18)12(15)7-16-13/h2-7H,8,15H2,1H3,(H,17,18). The Kier molecular flexibility index (Phi) is 4.17. The highest BCUT2D eigenvalue weighted by atomic mass is 16.5. The molecule has 1 heterocycles. The number of carboxylic acids is 1. The van der Waals surface area contributed by atoms with Crippen molar-refractivity contribution >= 4 is 11.7 Å². The van der Waals surface area contributed by atoms with Crippen molar-refractivity contribution in [3.8, 4) is 11.6 Å². The predicted molar refractivity (Wildman–Crippen MR) is 72.8 cm³/mol. The number of anilines is 1. The van der Waals surface area contributed by atoms with Crippen molar-refractivity contribution < 1.29 is 19.4 Å². The number of aromatic carboxylic acids is 1. The molecule has 0 saturated carbocycles. The number of nitrogens with zero attached hydrogens (tertiary/aromatic N) is 1. The SMILES string of the molecule is COCc1cccc(Oc2cc(C(=O)O)c(N)cn2)c1. The first-order valence-corrected chi connectivity index (χ1v) is 5.84. The summed E-state index contributed by atoms with van der Waals surface area (Å²) >= 11 is 0. The van der Waals surface area contributed by atoms with Crippen LogP contribution >= 0.6 is 0 Å². The van der Waals surface area contributed by atoms with Crippen LogP contribution in [-0.2, 0) is 11.3 Å². The maximum absolute atomic E-state index is 11.0. The fourth-order valence-electron chi connectivity index (χ4n) is 1.67. The fourth-order valence-corrected chi connectivity index (χ4v) is 1.67. The lowest BCUT2D eigenvalue weighted by Gasteiger charge is -2.08. The lowest BCUT2D eigenvalue weighted by atomic mass is 10.2. The zero-order valence-corrected chi connectivity index (χ0v) is 10.9. The van der Waals surface area contributed by atoms with Crippen LogP contribution in [0.4, 0.5) is 5.69 Å². The molecule has 0 aliphatic heterocycles. The van der Waals surface area contributed by atoms with Crippen LogP contribution in [0.2, 0.25) is 0 Å². The first-order valence-electron chi connectivity index (χ1n) is 5.84. The van der Waals surface area contributed by atoms with Gasteiger partial charge in [-0.25, -0.2) is 9.78 Å². The van der Waals surface area contributed by atoms with Crippen molar-refractivity contribution in [2.75, 3.05) is 12.8 Å². The minimum absolute atomic E-state index is 0.0388. The molecule has 0 radical (unpaired) electrons. The number of aromatic nitrogens is 1. The van der Waals surface area contributed by atoms with E-state index in [1.807, 2.05) is 12.1 Å². The molecular formula is C14H14N2O4. The Bertz CT molecular complexity index is 628. The van der Waals surface area contributed by atoms with Gasteiger partial charge in [-0.15, -0.1) is 0 Å². The Morgan fingerprint density at radius 1 is 1.40 bits per heavy atom. The van der Waals surface area contributed by atoms with E-state index in [9.17, 15) is 4.79 Å². The number of carboxylic acid groups (broad SMARTS) is 1. The number of benzene rings is 1. The minimum atomic E-state index is -1.12. The summed E-state index contributed by atoms with van der Waals surface area (Å²) in [7, 11) is 1.61. The van der Waals surface area contributed by atoms with Gasteiger partial charge in [0.15, 0.2) is 0 Å². The van der Waals surface area contributed by atoms with Gasteiger partial charge in [-0.05, 0) is 17.7 Å². The van der Waals surface area contributed by atoms with Crippen LogP contribution in [-0.4, -0.2) is 23.2 Å². The number of ether oxygens (including phenoxy) is 2. The zero-order valence-electron chi connectivity index (χ0n) is 10.9. The summed E-state index contributed by atoms with van der Waals surface area (Å²) in [6.07, 6.45) is 1.26. The quantitative estimate of drug-likeness (QED) is 0.868. The molecule has 6 heteroatoms. The smallest absolute Gasteiger partial charge is 0.338 e. The van der Waals surface area contributed by atoms with Gasteiger partial charge < -0.3 is 20.3 Å². The molecule has 0 aliphatic carbocycles. The van der Waals surface area contributed by atoms with Gasteiger partial charge in [-0.3, -0.25) is 0 Å². The highest BCUT2D eigenvalue weighted by Gasteiger charge is 2.11. The molecule has 1 aromatic heterocycles. The van der Waals surface area contributed by atoms with Gasteiger partial charge in [0.1, 0.15) is 5.75 Å². The number of nitrogen functional groups attached to an aromatic ring is 1. The molecule has 0 amide bonds. The Balaban J connectivity index is 2.23. The third-order valence-corrected chi connectivity index (χ3v) is 2.57. The maximum atomic E-state index is 11.0. The summed E-state index contributed by atoms with van der Waals surface area (Å²) in [6, 6.07) is 8.55. The molecule has 3 N–H and O–H groups in total. The lowest BCUT2D eigenvalue weighted by molar-refractivity contribution is 0.0697. The second-order valence-electron chi connectivity index (χ2n) is 4.10. The van der Waals surface area contributed by atoms with Crippen LogP contribution in [0.25, 0.3) is 0 Å². The summed E-state index contributed by atoms with van der Waals surface area (Å²) in [6.45, 7) is 0.465. The Labute approximate surface area is 115 Å². The molecule has 104 valence electrons. The molecule has 1 aromatic carbocycles. The molecule has 20 heavy (non-hydrogen) atoms. The van der Waals surface area contributed by atoms with Gasteiger partial charge in [0.2, 0.25) is 5.88 Å². The second kappa shape index (κ2) is 6.03. The zero-order chi connectivity index (χ0) is 14.5. The van der Waals surface area contributed by atoms with E-state index in [4.69, 9.17) is 20.3 Å². The molecule has 0 saturated heterocycles. The van der Waals surface area contributed by atoms with Crippen molar-refractivity contribution in [3.63, 3.8) is 0 Å². The summed E-state index contributed by atoms with van der Waals surface area (Å²) < 4.78 is 10.6. The number of hydrogen-bond acceptors (Lipinski definition) is 5. The van der Waals surface area contributed by atoms with Crippen molar-refractivity contribution in [1.29, 1.82) is 0 Å². The molecule has 0 bridgehead atoms. The van der Waals surface area contributed by atoms with Gasteiger partial charge in [-0.1, -0.05) is 12.1 Å². The third-order valence-electron chi connectivity index (χ3n) is 2.57. The van der Waals surface area contributed by atoms with Gasteiger partial charge in [0, 0.05) is 13.2 Å². The van der Waals surface area contributed by atoms with Gasteiger partial charge in [-0.2, -0.15) is 0 Å². The van der Waals surface area contributed by atoms with E-state index in [0.717, 1.165) is 5.56 Å². The van der Waals surface area contributed by atoms with Gasteiger partial charge in [0.05, 0.1) is 24.1 Å². The normalized spacial score (nSPS) is 10.2. The van der Waals surface area contributed by atoms with Crippen LogP contribution in [0.15, 0.2) is 36.5 Å². The number of nitrogens with two attached hydrogens (primary N) is 1. The Morgan fingerprint density at radius 2 is 2.20 bits per heavy atom. The summed E-state index contributed by atoms with van der Waals surface area (Å²) in [5.74, 6) is -0.401. The fraction of sp³-hybridized carbons (Fsp3) is 0.143. The summed E-state index contributed by atoms with van der Waals surface area (Å²) in [4.78, 5) is 14.9. The molecule has 0 atom stereocenters. The van der Waals surface area contributed by atoms with Gasteiger partial charge in [0.25, 0.3) is 0 Å². The van der Waals surface area contributed by atoms with E-state index in [0.29, 0.717) is 12.4 Å². The van der Waals surface area contributed by atoms with Crippen molar-refractivity contribution in [3.05, 3.63) is 47.7 Å². The topological polar surface area (TPSA) is 94.7 Å². The van der Waals surface area contributed by atoms with Crippen LogP contribution in [0.3, 0.4) is 0 Å². The average Bonchev–Trinajstić information content (AvgIpc) is 2.41. The second-order valence-corrected chi connectivity index (χ2v) is 4.10. The monoisotopic (exact) mass is 274 g/mol. The maximum Gasteiger partial charge on any atom is 0.338 e. The molecule has 6 nitrogen and oxygen atoms in total. The molecule has 0 aliphatic rings. The lowest BCUT2D eigenvalue weighted by Crippen LogP contribution is -2.03. The van der Waals surface area contributed by atoms with Crippen molar-refractivity contribution in [2.45, 2.75) is 6.61 Å². The van der Waals surface area contributed by atoms with E-state index in [-0.39, 0.29) is 17.1 Å². The molecule has 0 fully saturated rings. The Morgan fingerprint density at radius 3 is 2.90 bits per heavy atom. The molecule has 2 rings (SSSR count). The van der Waals surface area contributed by atoms with Crippen molar-refractivity contribution in [1.82, 2.24) is 4.98 Å². The number of rotatable bonds is 5. The van der Waals surface area contributed by atoms with Gasteiger partial charge >= 0.3 is 5.97 Å². The van der Waals surface area contributed by atoms with Crippen LogP contribution < -0.4 is 10.5 Å². The van der Waals surface area contributed by atoms with Crippen LogP contribution in [0.5, 0.6) is 11.6 Å². The minimum Gasteiger partial charge on any atom is -0.478 e. The van der Waals surface area contributed by atoms with E-state index in [1.54, 1.807) is 19.2 Å². The molecule has 0 unspecified atom stereocenters. The van der Waals surface area contributed by atoms with E-state index in [2.05, 4.69) is 4.98 Å². The third kappa shape index (κ3) is 3.24. The largest absolute Gasteiger partial charge is 0.478 e. The Hall–Kier alpha value is -2.60. The van der Waals surface area contributed by atoms with Crippen molar-refractivity contribution in [2.24, 2.45) is 0 Å².